The average Bonchev–Trinajstić information content (AvgIpc) is 4.23. The number of halogens is 1. The van der Waals surface area contributed by atoms with Gasteiger partial charge in [0.15, 0.2) is 5.75 Å². The Kier molecular flexibility index (Phi) is 15.4. The number of aromatic amines is 1. The number of nitrogens with one attached hydrogen (secondary N) is 3. The van der Waals surface area contributed by atoms with Gasteiger partial charge in [0.1, 0.15) is 54.0 Å². The van der Waals surface area contributed by atoms with Gasteiger partial charge in [-0.15, -0.1) is 5.10 Å². The Morgan fingerprint density at radius 1 is 1.01 bits per heavy atom. The van der Waals surface area contributed by atoms with Gasteiger partial charge < -0.3 is 39.8 Å². The first kappa shape index (κ1) is 53.7. The number of H-pyrrole nitrogens is 1. The van der Waals surface area contributed by atoms with Crippen molar-refractivity contribution >= 4 is 40.7 Å². The van der Waals surface area contributed by atoms with Crippen LogP contribution in [0.15, 0.2) is 91.4 Å². The number of nitrogens with zero attached hydrogens (tertiary/aromatic N) is 10. The summed E-state index contributed by atoms with van der Waals surface area (Å²) in [5.74, 6) is 0.599. The van der Waals surface area contributed by atoms with Crippen LogP contribution < -0.4 is 35.6 Å². The van der Waals surface area contributed by atoms with Gasteiger partial charge in [-0.25, -0.2) is 19.0 Å². The molecule has 5 aliphatic rings. The Balaban J connectivity index is 0.808. The number of aliphatic hydroxyl groups is 1. The van der Waals surface area contributed by atoms with Gasteiger partial charge in [-0.1, -0.05) is 73.7 Å². The topological polar surface area (TPSA) is 224 Å². The minimum absolute atomic E-state index is 0.0932. The van der Waals surface area contributed by atoms with E-state index in [2.05, 4.69) is 52.1 Å². The summed E-state index contributed by atoms with van der Waals surface area (Å²) >= 11 is 0. The summed E-state index contributed by atoms with van der Waals surface area (Å²) in [5, 5.41) is 35.6. The number of carbonyl (C=O) groups is 2. The van der Waals surface area contributed by atoms with Crippen molar-refractivity contribution in [2.75, 3.05) is 44.4 Å². The minimum atomic E-state index is -0.728. The van der Waals surface area contributed by atoms with Crippen LogP contribution in [0.1, 0.15) is 112 Å². The normalized spacial score (nSPS) is 20.7. The fourth-order valence-corrected chi connectivity index (χ4v) is 11.9. The molecule has 2 amide bonds. The van der Waals surface area contributed by atoms with Gasteiger partial charge in [-0.05, 0) is 98.3 Å². The Labute approximate surface area is 468 Å². The van der Waals surface area contributed by atoms with Gasteiger partial charge in [-0.3, -0.25) is 14.7 Å². The van der Waals surface area contributed by atoms with E-state index in [1.165, 1.54) is 18.5 Å². The molecule has 0 spiro atoms. The van der Waals surface area contributed by atoms with Crippen molar-refractivity contribution in [2.24, 2.45) is 5.92 Å². The molecule has 1 saturated carbocycles. The maximum absolute atomic E-state index is 14.8. The maximum atomic E-state index is 14.8. The first-order valence-corrected chi connectivity index (χ1v) is 28.4. The highest BCUT2D eigenvalue weighted by atomic mass is 19.1. The molecule has 1 aliphatic carbocycles. The Hall–Kier alpha value is -7.94. The number of rotatable bonds is 18. The van der Waals surface area contributed by atoms with Crippen LogP contribution in [-0.2, 0) is 20.9 Å². The number of amides is 2. The fourth-order valence-electron chi connectivity index (χ4n) is 11.9. The zero-order valence-corrected chi connectivity index (χ0v) is 46.1. The predicted octanol–water partition coefficient (Wildman–Crippen LogP) is 6.46. The molecule has 5 fully saturated rings. The number of fused-ring (bicyclic) bond motifs is 3. The van der Waals surface area contributed by atoms with Crippen molar-refractivity contribution in [1.82, 2.24) is 60.7 Å². The number of anilines is 1. The van der Waals surface area contributed by atoms with E-state index in [1.807, 2.05) is 75.4 Å². The summed E-state index contributed by atoms with van der Waals surface area (Å²) in [4.78, 5) is 51.5. The first-order chi connectivity index (χ1) is 39.5. The molecule has 4 N–H and O–H groups in total. The molecule has 420 valence electrons. The monoisotopic (exact) mass is 1100 g/mol. The standard InChI is InChI=1S/C61H68FN13O6/c1-5-43(62)24-51-42(27-66-70-51)23-48-47(38-12-13-38)26-49-55(68-61(81-46-18-21-79-22-19-46)69-58(49)74-30-44-25-45(74)28-64-44)57(48)80-33-37-8-10-40(11-9-37)52-31-75(72-71-52)56(35(2)3)60(78)73-20-6-7-54(73)59(77)67-53(32-76)41-16-14-39(15-17-41)50-29-63-34-65-36(50)4/h5,8-11,14-17,23-24,26-27,29,31,34-35,38,44-46,53-54,56,64,70,76H,6-7,12-13,18-22,25,28,30,32-33H2,1-4H3,(H,67,77)/b42-23+,43-5-,51-24+. The molecule has 20 heteroatoms. The van der Waals surface area contributed by atoms with Gasteiger partial charge >= 0.3 is 6.01 Å². The lowest BCUT2D eigenvalue weighted by Gasteiger charge is -2.30. The second-order valence-corrected chi connectivity index (χ2v) is 22.3. The van der Waals surface area contributed by atoms with E-state index in [-0.39, 0.29) is 54.8 Å². The first-order valence-electron chi connectivity index (χ1n) is 28.4. The highest BCUT2D eigenvalue weighted by Gasteiger charge is 2.42. The number of aliphatic hydroxyl groups excluding tert-OH is 1. The molecule has 4 aromatic heterocycles. The molecular formula is C61H68FN13O6. The molecule has 12 rings (SSSR count). The van der Waals surface area contributed by atoms with E-state index in [1.54, 1.807) is 35.1 Å². The van der Waals surface area contributed by atoms with Crippen LogP contribution >= 0.6 is 0 Å². The lowest BCUT2D eigenvalue weighted by Crippen LogP contribution is -2.50. The maximum Gasteiger partial charge on any atom is 0.319 e. The zero-order valence-electron chi connectivity index (χ0n) is 46.1. The molecule has 4 saturated heterocycles. The SMILES string of the molecule is C/C=C(F)/C=c1/[nH]nc/c1=C\c1c(C2CC2)cc2c(N3CC4CC3CN4)nc(OC3CCOCC3)nc2c1OCc1ccc(-c2cn(C(C(=O)N3CCCC3C(=O)NC(CO)c3ccc(-c4cncnc4C)cc3)C(C)C)nn2)cc1. The predicted molar refractivity (Wildman–Crippen MR) is 303 cm³/mol. The van der Waals surface area contributed by atoms with Crippen molar-refractivity contribution in [3.63, 3.8) is 0 Å². The highest BCUT2D eigenvalue weighted by molar-refractivity contribution is 5.98. The number of likely N-dealkylation sites (tertiary alicyclic amines) is 1. The van der Waals surface area contributed by atoms with Crippen LogP contribution in [0.4, 0.5) is 10.2 Å². The van der Waals surface area contributed by atoms with Crippen molar-refractivity contribution in [2.45, 2.75) is 121 Å². The van der Waals surface area contributed by atoms with E-state index in [0.29, 0.717) is 72.2 Å². The number of aryl methyl sites for hydroxylation is 1. The quantitative estimate of drug-likeness (QED) is 0.0724. The number of ether oxygens (including phenoxy) is 3. The van der Waals surface area contributed by atoms with Gasteiger partial charge in [0, 0.05) is 83.7 Å². The number of carbonyl (C=O) groups excluding carboxylic acids is 2. The Bertz CT molecular complexity index is 3600. The number of benzene rings is 3. The molecule has 2 bridgehead atoms. The molecule has 0 radical (unpaired) electrons. The third-order valence-corrected chi connectivity index (χ3v) is 16.5. The summed E-state index contributed by atoms with van der Waals surface area (Å²) in [5.41, 5.74) is 8.27. The summed E-state index contributed by atoms with van der Waals surface area (Å²) in [6, 6.07) is 16.6. The molecule has 7 aromatic rings. The Morgan fingerprint density at radius 3 is 2.53 bits per heavy atom. The third kappa shape index (κ3) is 11.3. The van der Waals surface area contributed by atoms with Crippen molar-refractivity contribution in [1.29, 1.82) is 0 Å². The van der Waals surface area contributed by atoms with Crippen molar-refractivity contribution in [3.05, 3.63) is 130 Å². The third-order valence-electron chi connectivity index (χ3n) is 16.5. The Morgan fingerprint density at radius 2 is 1.81 bits per heavy atom. The van der Waals surface area contributed by atoms with Crippen molar-refractivity contribution in [3.8, 4) is 34.1 Å². The lowest BCUT2D eigenvalue weighted by molar-refractivity contribution is -0.142. The average molecular weight is 1100 g/mol. The smallest absolute Gasteiger partial charge is 0.319 e. The molecule has 3 aromatic carbocycles. The summed E-state index contributed by atoms with van der Waals surface area (Å²) in [7, 11) is 0. The molecule has 19 nitrogen and oxygen atoms in total. The van der Waals surface area contributed by atoms with Gasteiger partial charge in [-0.2, -0.15) is 15.1 Å². The summed E-state index contributed by atoms with van der Waals surface area (Å²) in [6.45, 7) is 10.7. The zero-order chi connectivity index (χ0) is 55.7. The van der Waals surface area contributed by atoms with Crippen LogP contribution in [0.25, 0.3) is 45.4 Å². The van der Waals surface area contributed by atoms with Crippen LogP contribution in [-0.4, -0.2) is 131 Å². The molecule has 81 heavy (non-hydrogen) atoms. The number of hydrogen-bond donors (Lipinski definition) is 4. The summed E-state index contributed by atoms with van der Waals surface area (Å²) in [6.07, 6.45) is 17.3. The molecule has 4 aliphatic heterocycles. The highest BCUT2D eigenvalue weighted by Crippen LogP contribution is 2.49. The van der Waals surface area contributed by atoms with E-state index in [9.17, 15) is 19.1 Å². The summed E-state index contributed by atoms with van der Waals surface area (Å²) < 4.78 is 35.8. The second-order valence-electron chi connectivity index (χ2n) is 22.3. The largest absolute Gasteiger partial charge is 0.486 e. The number of piperazine rings is 1. The van der Waals surface area contributed by atoms with E-state index < -0.39 is 18.1 Å². The van der Waals surface area contributed by atoms with Gasteiger partial charge in [0.2, 0.25) is 11.8 Å². The molecule has 5 atom stereocenters. The van der Waals surface area contributed by atoms with Crippen LogP contribution in [0.3, 0.4) is 0 Å². The van der Waals surface area contributed by atoms with Crippen LogP contribution in [0.5, 0.6) is 11.8 Å². The molecular weight excluding hydrogens is 1030 g/mol. The number of allylic oxidation sites excluding steroid dienone is 2. The number of aromatic nitrogens is 9. The van der Waals surface area contributed by atoms with E-state index >= 15 is 0 Å². The van der Waals surface area contributed by atoms with E-state index in [4.69, 9.17) is 24.2 Å². The number of hydrogen-bond acceptors (Lipinski definition) is 15. The van der Waals surface area contributed by atoms with Crippen molar-refractivity contribution < 1.29 is 33.3 Å². The molecule has 8 heterocycles. The van der Waals surface area contributed by atoms with Crippen LogP contribution in [0, 0.1) is 12.8 Å². The van der Waals surface area contributed by atoms with Gasteiger partial charge in [0.25, 0.3) is 0 Å². The molecule has 5 unspecified atom stereocenters. The minimum Gasteiger partial charge on any atom is -0.486 e. The second kappa shape index (κ2) is 23.3. The van der Waals surface area contributed by atoms with Crippen LogP contribution in [0.2, 0.25) is 0 Å². The van der Waals surface area contributed by atoms with E-state index in [0.717, 1.165) is 101 Å². The fraction of sp³-hybridized carbons (Fsp3) is 0.426. The lowest BCUT2D eigenvalue weighted by atomic mass is 9.97. The van der Waals surface area contributed by atoms with Gasteiger partial charge in [0.05, 0.1) is 43.6 Å².